The van der Waals surface area contributed by atoms with E-state index < -0.39 is 0 Å². The number of halogens is 1. The zero-order valence-corrected chi connectivity index (χ0v) is 14.0. The molecule has 0 unspecified atom stereocenters. The van der Waals surface area contributed by atoms with Gasteiger partial charge in [-0.3, -0.25) is 4.79 Å². The van der Waals surface area contributed by atoms with Crippen molar-refractivity contribution in [3.63, 3.8) is 0 Å². The van der Waals surface area contributed by atoms with Gasteiger partial charge < -0.3 is 10.6 Å². The fourth-order valence-electron chi connectivity index (χ4n) is 2.86. The largest absolute Gasteiger partial charge is 0.334 e. The van der Waals surface area contributed by atoms with Crippen molar-refractivity contribution in [2.75, 3.05) is 6.54 Å². The summed E-state index contributed by atoms with van der Waals surface area (Å²) < 4.78 is 2.70. The van der Waals surface area contributed by atoms with E-state index in [0.29, 0.717) is 12.2 Å². The van der Waals surface area contributed by atoms with Crippen LogP contribution in [0.3, 0.4) is 0 Å². The number of aromatic nitrogens is 2. The third-order valence-corrected chi connectivity index (χ3v) is 4.55. The van der Waals surface area contributed by atoms with Crippen LogP contribution in [-0.4, -0.2) is 39.2 Å². The SMILES string of the molecule is C[C@@H]1C[C@@H](N)CCN1C(=O)c1ccn(-c2cccc(Br)c2)n1. The molecule has 0 spiro atoms. The zero-order chi connectivity index (χ0) is 15.7. The van der Waals surface area contributed by atoms with Crippen LogP contribution in [0.15, 0.2) is 41.0 Å². The summed E-state index contributed by atoms with van der Waals surface area (Å²) >= 11 is 3.44. The number of rotatable bonds is 2. The lowest BCUT2D eigenvalue weighted by molar-refractivity contribution is 0.0612. The van der Waals surface area contributed by atoms with Crippen LogP contribution in [0, 0.1) is 0 Å². The van der Waals surface area contributed by atoms with E-state index in [9.17, 15) is 4.79 Å². The number of amides is 1. The Morgan fingerprint density at radius 3 is 2.95 bits per heavy atom. The second-order valence-corrected chi connectivity index (χ2v) is 6.67. The molecule has 1 saturated heterocycles. The minimum atomic E-state index is -0.0202. The van der Waals surface area contributed by atoms with Gasteiger partial charge in [-0.15, -0.1) is 0 Å². The maximum atomic E-state index is 12.6. The summed E-state index contributed by atoms with van der Waals surface area (Å²) in [5.41, 5.74) is 7.35. The number of piperidine rings is 1. The molecule has 0 saturated carbocycles. The maximum absolute atomic E-state index is 12.6. The highest BCUT2D eigenvalue weighted by Gasteiger charge is 2.28. The number of hydrogen-bond acceptors (Lipinski definition) is 3. The minimum absolute atomic E-state index is 0.0202. The Hall–Kier alpha value is -1.66. The van der Waals surface area contributed by atoms with Gasteiger partial charge in [-0.2, -0.15) is 5.10 Å². The molecule has 1 amide bonds. The minimum Gasteiger partial charge on any atom is -0.334 e. The molecule has 5 nitrogen and oxygen atoms in total. The molecule has 2 aromatic rings. The number of carbonyl (C=O) groups is 1. The van der Waals surface area contributed by atoms with Crippen molar-refractivity contribution >= 4 is 21.8 Å². The fourth-order valence-corrected chi connectivity index (χ4v) is 3.24. The Balaban J connectivity index is 1.80. The van der Waals surface area contributed by atoms with E-state index in [1.807, 2.05) is 42.3 Å². The van der Waals surface area contributed by atoms with Crippen molar-refractivity contribution in [3.05, 3.63) is 46.7 Å². The van der Waals surface area contributed by atoms with Gasteiger partial charge in [0.15, 0.2) is 5.69 Å². The number of carbonyl (C=O) groups excluding carboxylic acids is 1. The summed E-state index contributed by atoms with van der Waals surface area (Å²) in [7, 11) is 0. The number of hydrogen-bond donors (Lipinski definition) is 1. The lowest BCUT2D eigenvalue weighted by Crippen LogP contribution is -2.48. The Morgan fingerprint density at radius 1 is 1.41 bits per heavy atom. The van der Waals surface area contributed by atoms with Crippen LogP contribution in [0.1, 0.15) is 30.3 Å². The van der Waals surface area contributed by atoms with Gasteiger partial charge in [0.25, 0.3) is 5.91 Å². The molecule has 116 valence electrons. The molecule has 0 aliphatic carbocycles. The molecule has 0 bridgehead atoms. The molecule has 1 aromatic carbocycles. The molecule has 1 aliphatic rings. The van der Waals surface area contributed by atoms with Crippen molar-refractivity contribution in [1.29, 1.82) is 0 Å². The normalized spacial score (nSPS) is 21.9. The van der Waals surface area contributed by atoms with Crippen molar-refractivity contribution < 1.29 is 4.79 Å². The first-order chi connectivity index (χ1) is 10.5. The highest BCUT2D eigenvalue weighted by atomic mass is 79.9. The van der Waals surface area contributed by atoms with Gasteiger partial charge in [0.05, 0.1) is 5.69 Å². The smallest absolute Gasteiger partial charge is 0.274 e. The first-order valence-electron chi connectivity index (χ1n) is 7.43. The van der Waals surface area contributed by atoms with Gasteiger partial charge >= 0.3 is 0 Å². The monoisotopic (exact) mass is 362 g/mol. The van der Waals surface area contributed by atoms with Crippen LogP contribution < -0.4 is 5.73 Å². The third kappa shape index (κ3) is 3.08. The summed E-state index contributed by atoms with van der Waals surface area (Å²) in [6.45, 7) is 2.74. The molecule has 1 fully saturated rings. The van der Waals surface area contributed by atoms with Crippen LogP contribution in [0.25, 0.3) is 5.69 Å². The van der Waals surface area contributed by atoms with E-state index in [2.05, 4.69) is 21.0 Å². The predicted octanol–water partition coefficient (Wildman–Crippen LogP) is 2.59. The van der Waals surface area contributed by atoms with Crippen molar-refractivity contribution in [2.24, 2.45) is 5.73 Å². The molecule has 2 atom stereocenters. The average molecular weight is 363 g/mol. The van der Waals surface area contributed by atoms with Crippen molar-refractivity contribution in [2.45, 2.75) is 31.8 Å². The molecule has 2 heterocycles. The predicted molar refractivity (Wildman–Crippen MR) is 89.0 cm³/mol. The molecule has 2 N–H and O–H groups in total. The zero-order valence-electron chi connectivity index (χ0n) is 12.4. The first-order valence-corrected chi connectivity index (χ1v) is 8.22. The first kappa shape index (κ1) is 15.2. The van der Waals surface area contributed by atoms with Gasteiger partial charge in [-0.1, -0.05) is 22.0 Å². The van der Waals surface area contributed by atoms with E-state index in [1.54, 1.807) is 10.7 Å². The molecule has 6 heteroatoms. The van der Waals surface area contributed by atoms with Crippen LogP contribution in [-0.2, 0) is 0 Å². The summed E-state index contributed by atoms with van der Waals surface area (Å²) in [6, 6.07) is 9.93. The summed E-state index contributed by atoms with van der Waals surface area (Å²) in [4.78, 5) is 14.5. The van der Waals surface area contributed by atoms with Crippen LogP contribution >= 0.6 is 15.9 Å². The van der Waals surface area contributed by atoms with Crippen LogP contribution in [0.4, 0.5) is 0 Å². The lowest BCUT2D eigenvalue weighted by atomic mass is 9.99. The summed E-state index contributed by atoms with van der Waals surface area (Å²) in [5.74, 6) is -0.0202. The Morgan fingerprint density at radius 2 is 2.23 bits per heavy atom. The van der Waals surface area contributed by atoms with Gasteiger partial charge in [-0.05, 0) is 44.0 Å². The van der Waals surface area contributed by atoms with Gasteiger partial charge in [-0.25, -0.2) is 4.68 Å². The Kier molecular flexibility index (Phi) is 4.31. The quantitative estimate of drug-likeness (QED) is 0.892. The van der Waals surface area contributed by atoms with E-state index in [4.69, 9.17) is 5.73 Å². The molecular formula is C16H19BrN4O. The second kappa shape index (κ2) is 6.22. The van der Waals surface area contributed by atoms with Crippen molar-refractivity contribution in [3.8, 4) is 5.69 Å². The van der Waals surface area contributed by atoms with Crippen LogP contribution in [0.2, 0.25) is 0 Å². The summed E-state index contributed by atoms with van der Waals surface area (Å²) in [5, 5.41) is 4.42. The topological polar surface area (TPSA) is 64.2 Å². The molecule has 3 rings (SSSR count). The Labute approximate surface area is 138 Å². The second-order valence-electron chi connectivity index (χ2n) is 5.76. The molecular weight excluding hydrogens is 344 g/mol. The standard InChI is InChI=1S/C16H19BrN4O/c1-11-9-13(18)5-7-20(11)16(22)15-6-8-21(19-15)14-4-2-3-12(17)10-14/h2-4,6,8,10-11,13H,5,7,9,18H2,1H3/t11-,13+/m1/s1. The number of benzene rings is 1. The fraction of sp³-hybridized carbons (Fsp3) is 0.375. The number of likely N-dealkylation sites (tertiary alicyclic amines) is 1. The molecule has 1 aromatic heterocycles. The van der Waals surface area contributed by atoms with E-state index >= 15 is 0 Å². The number of nitrogens with two attached hydrogens (primary N) is 1. The van der Waals surface area contributed by atoms with E-state index in [-0.39, 0.29) is 18.0 Å². The molecule has 22 heavy (non-hydrogen) atoms. The Bertz CT molecular complexity index is 684. The average Bonchev–Trinajstić information content (AvgIpc) is 2.96. The van der Waals surface area contributed by atoms with Gasteiger partial charge in [0, 0.05) is 29.3 Å². The molecule has 0 radical (unpaired) electrons. The molecule has 1 aliphatic heterocycles. The van der Waals surface area contributed by atoms with Crippen molar-refractivity contribution in [1.82, 2.24) is 14.7 Å². The van der Waals surface area contributed by atoms with Crippen LogP contribution in [0.5, 0.6) is 0 Å². The van der Waals surface area contributed by atoms with Gasteiger partial charge in [0.2, 0.25) is 0 Å². The number of nitrogens with zero attached hydrogens (tertiary/aromatic N) is 3. The third-order valence-electron chi connectivity index (χ3n) is 4.06. The van der Waals surface area contributed by atoms with E-state index in [1.165, 1.54) is 0 Å². The summed E-state index contributed by atoms with van der Waals surface area (Å²) in [6.07, 6.45) is 3.51. The highest BCUT2D eigenvalue weighted by Crippen LogP contribution is 2.19. The maximum Gasteiger partial charge on any atom is 0.274 e. The lowest BCUT2D eigenvalue weighted by Gasteiger charge is -2.35. The highest BCUT2D eigenvalue weighted by molar-refractivity contribution is 9.10. The van der Waals surface area contributed by atoms with E-state index in [0.717, 1.165) is 23.0 Å². The van der Waals surface area contributed by atoms with Gasteiger partial charge in [0.1, 0.15) is 0 Å².